The summed E-state index contributed by atoms with van der Waals surface area (Å²) in [5, 5.41) is 0. The molecule has 0 N–H and O–H groups in total. The van der Waals surface area contributed by atoms with Crippen LogP contribution in [0, 0.1) is 0 Å². The Morgan fingerprint density at radius 1 is 1.10 bits per heavy atom. The van der Waals surface area contributed by atoms with Gasteiger partial charge in [-0.05, 0) is 24.3 Å². The number of nitrogens with zero attached hydrogens (tertiary/aromatic N) is 3. The van der Waals surface area contributed by atoms with Gasteiger partial charge in [-0.15, -0.1) is 0 Å². The van der Waals surface area contributed by atoms with Crippen molar-refractivity contribution < 1.29 is 8.98 Å². The second kappa shape index (κ2) is 5.13. The summed E-state index contributed by atoms with van der Waals surface area (Å²) in [6.07, 6.45) is 4.08. The first-order valence-corrected chi connectivity index (χ1v) is 6.96. The van der Waals surface area contributed by atoms with Gasteiger partial charge in [0.15, 0.2) is 16.9 Å². The van der Waals surface area contributed by atoms with E-state index in [-0.39, 0.29) is 0 Å². The van der Waals surface area contributed by atoms with E-state index in [2.05, 4.69) is 53.6 Å². The molecule has 0 aliphatic heterocycles. The predicted octanol–water partition coefficient (Wildman–Crippen LogP) is 2.83. The molecule has 0 unspecified atom stereocenters. The van der Waals surface area contributed by atoms with E-state index in [0.29, 0.717) is 0 Å². The van der Waals surface area contributed by atoms with Crippen molar-refractivity contribution in [3.63, 3.8) is 0 Å². The summed E-state index contributed by atoms with van der Waals surface area (Å²) in [5.74, 6) is 2.83. The molecule has 0 amide bonds. The molecule has 108 valence electrons. The van der Waals surface area contributed by atoms with E-state index in [9.17, 15) is 0 Å². The summed E-state index contributed by atoms with van der Waals surface area (Å²) in [4.78, 5) is 1.95. The Bertz CT molecular complexity index is 770. The first-order valence-electron chi connectivity index (χ1n) is 6.96. The highest BCUT2D eigenvalue weighted by Crippen LogP contribution is 2.19. The van der Waals surface area contributed by atoms with Crippen LogP contribution in [0.4, 0.5) is 5.88 Å². The molecule has 4 nitrogen and oxygen atoms in total. The molecule has 0 atom stereocenters. The third-order valence-electron chi connectivity index (χ3n) is 3.74. The van der Waals surface area contributed by atoms with Crippen LogP contribution in [0.15, 0.2) is 40.8 Å². The van der Waals surface area contributed by atoms with Crippen molar-refractivity contribution in [3.8, 4) is 0 Å². The quantitative estimate of drug-likeness (QED) is 0.690. The van der Waals surface area contributed by atoms with Crippen LogP contribution in [0.3, 0.4) is 0 Å². The van der Waals surface area contributed by atoms with Gasteiger partial charge in [-0.25, -0.2) is 9.13 Å². The van der Waals surface area contributed by atoms with Gasteiger partial charge in [0.1, 0.15) is 5.76 Å². The molecular weight excluding hydrogens is 262 g/mol. The molecule has 1 aromatic carbocycles. The number of benzene rings is 1. The highest BCUT2D eigenvalue weighted by Gasteiger charge is 2.16. The number of hydrogen-bond acceptors (Lipinski definition) is 2. The number of furan rings is 1. The molecule has 0 aliphatic carbocycles. The normalized spacial score (nSPS) is 11.6. The third-order valence-corrected chi connectivity index (χ3v) is 3.74. The second-order valence-electron chi connectivity index (χ2n) is 5.37. The van der Waals surface area contributed by atoms with E-state index < -0.39 is 0 Å². The summed E-state index contributed by atoms with van der Waals surface area (Å²) in [7, 11) is 8.09. The number of fused-ring (bicyclic) bond motifs is 1. The van der Waals surface area contributed by atoms with Gasteiger partial charge >= 0.3 is 0 Å². The first-order chi connectivity index (χ1) is 10.1. The van der Waals surface area contributed by atoms with Gasteiger partial charge in [-0.1, -0.05) is 12.1 Å². The van der Waals surface area contributed by atoms with E-state index in [1.165, 1.54) is 11.0 Å². The lowest BCUT2D eigenvalue weighted by Crippen LogP contribution is -2.30. The van der Waals surface area contributed by atoms with E-state index in [1.807, 2.05) is 37.2 Å². The maximum atomic E-state index is 5.74. The minimum absolute atomic E-state index is 0.851. The van der Waals surface area contributed by atoms with Crippen molar-refractivity contribution in [3.05, 3.63) is 48.0 Å². The van der Waals surface area contributed by atoms with Gasteiger partial charge in [-0.3, -0.25) is 0 Å². The third kappa shape index (κ3) is 2.33. The Morgan fingerprint density at radius 2 is 1.86 bits per heavy atom. The van der Waals surface area contributed by atoms with Gasteiger partial charge in [0.05, 0.1) is 14.1 Å². The van der Waals surface area contributed by atoms with Crippen molar-refractivity contribution in [2.75, 3.05) is 19.0 Å². The van der Waals surface area contributed by atoms with Crippen LogP contribution in [-0.4, -0.2) is 18.7 Å². The Morgan fingerprint density at radius 3 is 2.52 bits per heavy atom. The average Bonchev–Trinajstić information content (AvgIpc) is 3.03. The van der Waals surface area contributed by atoms with Crippen molar-refractivity contribution in [2.24, 2.45) is 14.1 Å². The number of rotatable bonds is 3. The minimum atomic E-state index is 0.851. The Kier molecular flexibility index (Phi) is 3.29. The zero-order valence-corrected chi connectivity index (χ0v) is 12.9. The molecule has 2 aromatic heterocycles. The first kappa shape index (κ1) is 13.5. The van der Waals surface area contributed by atoms with Gasteiger partial charge in [0.25, 0.3) is 5.82 Å². The minimum Gasteiger partial charge on any atom is -0.441 e. The number of aryl methyl sites for hydroxylation is 2. The molecule has 2 heterocycles. The Hall–Kier alpha value is -2.49. The lowest BCUT2D eigenvalue weighted by atomic mass is 10.3. The molecule has 0 fully saturated rings. The molecular formula is C17H20N3O+. The molecule has 3 aromatic rings. The smallest absolute Gasteiger partial charge is 0.282 e. The highest BCUT2D eigenvalue weighted by molar-refractivity contribution is 5.75. The largest absolute Gasteiger partial charge is 0.441 e. The van der Waals surface area contributed by atoms with E-state index >= 15 is 0 Å². The second-order valence-corrected chi connectivity index (χ2v) is 5.37. The van der Waals surface area contributed by atoms with Crippen LogP contribution in [0.25, 0.3) is 23.2 Å². The standard InChI is InChI=1S/C17H20N3O/c1-18(2)17-12-10-13(21-17)9-11-16-19(3)14-7-5-6-8-15(14)20(16)4/h5-12H,1-4H3/q+1. The Labute approximate surface area is 124 Å². The molecule has 0 radical (unpaired) electrons. The van der Waals surface area contributed by atoms with Gasteiger partial charge in [0.2, 0.25) is 0 Å². The van der Waals surface area contributed by atoms with Crippen molar-refractivity contribution in [1.82, 2.24) is 4.57 Å². The van der Waals surface area contributed by atoms with Crippen LogP contribution in [0.5, 0.6) is 0 Å². The van der Waals surface area contributed by atoms with Crippen LogP contribution >= 0.6 is 0 Å². The lowest BCUT2D eigenvalue weighted by Gasteiger charge is -2.05. The van der Waals surface area contributed by atoms with Crippen LogP contribution in [-0.2, 0) is 14.1 Å². The molecule has 3 rings (SSSR count). The Balaban J connectivity index is 1.99. The van der Waals surface area contributed by atoms with E-state index in [1.54, 1.807) is 0 Å². The van der Waals surface area contributed by atoms with E-state index in [4.69, 9.17) is 4.42 Å². The number of anilines is 1. The summed E-state index contributed by atoms with van der Waals surface area (Å²) in [6, 6.07) is 12.3. The predicted molar refractivity (Wildman–Crippen MR) is 86.1 cm³/mol. The highest BCUT2D eigenvalue weighted by atomic mass is 16.4. The fraction of sp³-hybridized carbons (Fsp3) is 0.235. The number of hydrogen-bond donors (Lipinski definition) is 0. The van der Waals surface area contributed by atoms with Crippen molar-refractivity contribution in [1.29, 1.82) is 0 Å². The maximum Gasteiger partial charge on any atom is 0.282 e. The molecule has 4 heteroatoms. The molecule has 0 saturated carbocycles. The van der Waals surface area contributed by atoms with Gasteiger partial charge in [0, 0.05) is 26.2 Å². The summed E-state index contributed by atoms with van der Waals surface area (Å²) in [6.45, 7) is 0. The topological polar surface area (TPSA) is 25.2 Å². The number of para-hydroxylation sites is 2. The summed E-state index contributed by atoms with van der Waals surface area (Å²) < 4.78 is 10.1. The SMILES string of the molecule is CN(C)c1ccc(/C=C/c2n(C)c3ccccc3[n+]2C)o1. The van der Waals surface area contributed by atoms with Crippen LogP contribution in [0.2, 0.25) is 0 Å². The molecule has 0 aliphatic rings. The maximum absolute atomic E-state index is 5.74. The summed E-state index contributed by atoms with van der Waals surface area (Å²) in [5.41, 5.74) is 2.43. The van der Waals surface area contributed by atoms with Crippen LogP contribution in [0.1, 0.15) is 11.6 Å². The monoisotopic (exact) mass is 282 g/mol. The number of imidazole rings is 1. The summed E-state index contributed by atoms with van der Waals surface area (Å²) >= 11 is 0. The molecule has 21 heavy (non-hydrogen) atoms. The fourth-order valence-corrected chi connectivity index (χ4v) is 2.56. The fourth-order valence-electron chi connectivity index (χ4n) is 2.56. The zero-order valence-electron chi connectivity index (χ0n) is 12.9. The molecule has 0 spiro atoms. The lowest BCUT2D eigenvalue weighted by molar-refractivity contribution is -0.647. The van der Waals surface area contributed by atoms with E-state index in [0.717, 1.165) is 17.5 Å². The zero-order chi connectivity index (χ0) is 15.0. The number of aromatic nitrogens is 2. The van der Waals surface area contributed by atoms with Gasteiger partial charge in [-0.2, -0.15) is 0 Å². The molecule has 0 bridgehead atoms. The van der Waals surface area contributed by atoms with Crippen LogP contribution < -0.4 is 9.47 Å². The average molecular weight is 282 g/mol. The van der Waals surface area contributed by atoms with Crippen molar-refractivity contribution in [2.45, 2.75) is 0 Å². The van der Waals surface area contributed by atoms with Crippen molar-refractivity contribution >= 4 is 29.1 Å². The van der Waals surface area contributed by atoms with Gasteiger partial charge < -0.3 is 9.32 Å². The molecule has 0 saturated heterocycles.